The molecule has 0 saturated heterocycles. The van der Waals surface area contributed by atoms with E-state index >= 15 is 0 Å². The molecule has 0 aliphatic carbocycles. The molecule has 0 radical (unpaired) electrons. The number of nitriles is 1. The molecule has 1 heterocycles. The summed E-state index contributed by atoms with van der Waals surface area (Å²) in [7, 11) is 0. The van der Waals surface area contributed by atoms with E-state index in [2.05, 4.69) is 15.8 Å². The molecule has 1 amide bonds. The van der Waals surface area contributed by atoms with E-state index in [0.717, 1.165) is 19.1 Å². The predicted octanol–water partition coefficient (Wildman–Crippen LogP) is 3.19. The van der Waals surface area contributed by atoms with Gasteiger partial charge >= 0.3 is 12.4 Å². The molecule has 1 aromatic rings. The molecule has 11 heteroatoms. The summed E-state index contributed by atoms with van der Waals surface area (Å²) in [6.45, 7) is 1.14. The summed E-state index contributed by atoms with van der Waals surface area (Å²) in [5.74, 6) is -0.992. The minimum absolute atomic E-state index is 0.306. The fourth-order valence-corrected chi connectivity index (χ4v) is 2.12. The molecule has 0 bridgehead atoms. The molecule has 2 N–H and O–H groups in total. The van der Waals surface area contributed by atoms with Gasteiger partial charge in [-0.05, 0) is 25.1 Å². The number of alkyl halides is 6. The third kappa shape index (κ3) is 3.84. The van der Waals surface area contributed by atoms with Gasteiger partial charge < -0.3 is 5.32 Å². The van der Waals surface area contributed by atoms with Crippen molar-refractivity contribution in [3.05, 3.63) is 29.3 Å². The Morgan fingerprint density at radius 2 is 1.92 bits per heavy atom. The van der Waals surface area contributed by atoms with Crippen LogP contribution in [0.4, 0.5) is 32.0 Å². The number of rotatable bonds is 2. The van der Waals surface area contributed by atoms with Gasteiger partial charge in [0.05, 0.1) is 17.2 Å². The fourth-order valence-electron chi connectivity index (χ4n) is 2.12. The summed E-state index contributed by atoms with van der Waals surface area (Å²) in [6.07, 6.45) is -10.3. The summed E-state index contributed by atoms with van der Waals surface area (Å²) in [5.41, 5.74) is -3.11. The number of hydrogen-bond acceptors (Lipinski definition) is 4. The second-order valence-electron chi connectivity index (χ2n) is 5.50. The maximum absolute atomic E-state index is 12.9. The number of amides is 1. The first-order valence-corrected chi connectivity index (χ1v) is 6.70. The maximum Gasteiger partial charge on any atom is 0.431 e. The molecule has 0 unspecified atom stereocenters. The molecule has 0 saturated carbocycles. The number of hydrogen-bond donors (Lipinski definition) is 2. The van der Waals surface area contributed by atoms with Crippen LogP contribution in [0.2, 0.25) is 0 Å². The number of anilines is 1. The lowest BCUT2D eigenvalue weighted by molar-refractivity contribution is -0.137. The molecule has 1 aliphatic heterocycles. The van der Waals surface area contributed by atoms with Crippen LogP contribution < -0.4 is 10.7 Å². The zero-order chi connectivity index (χ0) is 19.0. The first-order valence-electron chi connectivity index (χ1n) is 6.70. The van der Waals surface area contributed by atoms with Crippen molar-refractivity contribution in [1.82, 2.24) is 5.43 Å². The molecule has 1 aliphatic rings. The molecule has 134 valence electrons. The van der Waals surface area contributed by atoms with E-state index in [4.69, 9.17) is 5.26 Å². The monoisotopic (exact) mass is 364 g/mol. The Bertz CT molecular complexity index is 777. The highest BCUT2D eigenvalue weighted by atomic mass is 19.4. The molecule has 5 nitrogen and oxygen atoms in total. The second kappa shape index (κ2) is 5.94. The average molecular weight is 364 g/mol. The van der Waals surface area contributed by atoms with Gasteiger partial charge in [-0.2, -0.15) is 36.7 Å². The van der Waals surface area contributed by atoms with Crippen LogP contribution in [-0.2, 0) is 11.0 Å². The number of nitrogens with one attached hydrogen (secondary N) is 2. The van der Waals surface area contributed by atoms with Gasteiger partial charge in [-0.3, -0.25) is 10.2 Å². The van der Waals surface area contributed by atoms with E-state index in [0.29, 0.717) is 6.07 Å². The van der Waals surface area contributed by atoms with Crippen LogP contribution in [0.5, 0.6) is 0 Å². The van der Waals surface area contributed by atoms with Crippen molar-refractivity contribution >= 4 is 17.3 Å². The SMILES string of the molecule is C[C@]1(C(=O)Nc2ccc(C#N)c(C(F)(F)F)c2)CC(C(F)(F)F)=NN1. The lowest BCUT2D eigenvalue weighted by atomic mass is 9.95. The molecule has 0 spiro atoms. The number of nitrogens with zero attached hydrogens (tertiary/aromatic N) is 2. The summed E-state index contributed by atoms with van der Waals surface area (Å²) in [6, 6.07) is 3.83. The predicted molar refractivity (Wildman–Crippen MR) is 74.4 cm³/mol. The van der Waals surface area contributed by atoms with Gasteiger partial charge in [-0.15, -0.1) is 0 Å². The van der Waals surface area contributed by atoms with Crippen molar-refractivity contribution in [3.63, 3.8) is 0 Å². The van der Waals surface area contributed by atoms with E-state index in [1.165, 1.54) is 6.07 Å². The van der Waals surface area contributed by atoms with Gasteiger partial charge in [-0.25, -0.2) is 0 Å². The number of carbonyl (C=O) groups excluding carboxylic acids is 1. The Labute approximate surface area is 137 Å². The number of carbonyl (C=O) groups is 1. The Morgan fingerprint density at radius 3 is 2.40 bits per heavy atom. The highest BCUT2D eigenvalue weighted by molar-refractivity contribution is 6.04. The third-order valence-electron chi connectivity index (χ3n) is 3.49. The zero-order valence-corrected chi connectivity index (χ0v) is 12.5. The molecule has 2 rings (SSSR count). The smallest absolute Gasteiger partial charge is 0.324 e. The summed E-state index contributed by atoms with van der Waals surface area (Å²) >= 11 is 0. The minimum atomic E-state index is -4.83. The van der Waals surface area contributed by atoms with Crippen molar-refractivity contribution in [2.24, 2.45) is 5.10 Å². The Morgan fingerprint density at radius 1 is 1.28 bits per heavy atom. The van der Waals surface area contributed by atoms with E-state index in [-0.39, 0.29) is 5.69 Å². The highest BCUT2D eigenvalue weighted by Crippen LogP contribution is 2.34. The van der Waals surface area contributed by atoms with Crippen molar-refractivity contribution in [2.75, 3.05) is 5.32 Å². The van der Waals surface area contributed by atoms with Gasteiger partial charge in [0.15, 0.2) is 0 Å². The molecular formula is C14H10F6N4O. The lowest BCUT2D eigenvalue weighted by Gasteiger charge is -2.23. The highest BCUT2D eigenvalue weighted by Gasteiger charge is 2.48. The normalized spacial score (nSPS) is 20.5. The summed E-state index contributed by atoms with van der Waals surface area (Å²) in [5, 5.41) is 13.9. The van der Waals surface area contributed by atoms with Crippen LogP contribution in [0.15, 0.2) is 23.3 Å². The number of halogens is 6. The van der Waals surface area contributed by atoms with Crippen molar-refractivity contribution < 1.29 is 31.1 Å². The van der Waals surface area contributed by atoms with Gasteiger partial charge in [0.2, 0.25) is 0 Å². The van der Waals surface area contributed by atoms with Crippen LogP contribution >= 0.6 is 0 Å². The summed E-state index contributed by atoms with van der Waals surface area (Å²) < 4.78 is 76.5. The van der Waals surface area contributed by atoms with Crippen LogP contribution in [0.1, 0.15) is 24.5 Å². The maximum atomic E-state index is 12.9. The van der Waals surface area contributed by atoms with Gasteiger partial charge in [0.25, 0.3) is 5.91 Å². The topological polar surface area (TPSA) is 77.3 Å². The van der Waals surface area contributed by atoms with Gasteiger partial charge in [0.1, 0.15) is 11.3 Å². The standard InChI is InChI=1S/C14H10F6N4O/c1-12(5-10(23-24-12)14(18,19)20)11(25)22-8-3-2-7(6-21)9(4-8)13(15,16)17/h2-4,24H,5H2,1H3,(H,22,25)/t12-/m1/s1. The minimum Gasteiger partial charge on any atom is -0.324 e. The Balaban J connectivity index is 2.21. The Kier molecular flexibility index (Phi) is 4.42. The molecule has 25 heavy (non-hydrogen) atoms. The van der Waals surface area contributed by atoms with Crippen LogP contribution in [0.3, 0.4) is 0 Å². The average Bonchev–Trinajstić information content (AvgIpc) is 2.90. The molecule has 1 aromatic carbocycles. The first-order chi connectivity index (χ1) is 11.4. The van der Waals surface area contributed by atoms with E-state index in [1.54, 1.807) is 0 Å². The largest absolute Gasteiger partial charge is 0.431 e. The summed E-state index contributed by atoms with van der Waals surface area (Å²) in [4.78, 5) is 12.2. The molecular weight excluding hydrogens is 354 g/mol. The van der Waals surface area contributed by atoms with Gasteiger partial charge in [-0.1, -0.05) is 0 Å². The van der Waals surface area contributed by atoms with E-state index in [9.17, 15) is 31.1 Å². The van der Waals surface area contributed by atoms with Crippen LogP contribution in [-0.4, -0.2) is 23.3 Å². The fraction of sp³-hybridized carbons (Fsp3) is 0.357. The number of benzene rings is 1. The number of hydrazone groups is 1. The van der Waals surface area contributed by atoms with Crippen molar-refractivity contribution in [3.8, 4) is 6.07 Å². The molecule has 1 atom stereocenters. The Hall–Kier alpha value is -2.77. The third-order valence-corrected chi connectivity index (χ3v) is 3.49. The van der Waals surface area contributed by atoms with Crippen molar-refractivity contribution in [2.45, 2.75) is 31.2 Å². The molecule has 0 fully saturated rings. The van der Waals surface area contributed by atoms with E-state index in [1.807, 2.05) is 0 Å². The van der Waals surface area contributed by atoms with E-state index < -0.39 is 47.1 Å². The van der Waals surface area contributed by atoms with Crippen LogP contribution in [0, 0.1) is 11.3 Å². The second-order valence-corrected chi connectivity index (χ2v) is 5.50. The van der Waals surface area contributed by atoms with Crippen molar-refractivity contribution in [1.29, 1.82) is 5.26 Å². The van der Waals surface area contributed by atoms with Crippen LogP contribution in [0.25, 0.3) is 0 Å². The molecule has 0 aromatic heterocycles. The first kappa shape index (κ1) is 18.6. The van der Waals surface area contributed by atoms with Gasteiger partial charge in [0, 0.05) is 12.1 Å². The lowest BCUT2D eigenvalue weighted by Crippen LogP contribution is -2.48. The zero-order valence-electron chi connectivity index (χ0n) is 12.5. The quantitative estimate of drug-likeness (QED) is 0.792.